The number of nitrogens with one attached hydrogen (secondary N) is 1. The van der Waals surface area contributed by atoms with E-state index in [4.69, 9.17) is 5.73 Å². The topological polar surface area (TPSA) is 75.0 Å². The Morgan fingerprint density at radius 1 is 1.25 bits per heavy atom. The maximum Gasteiger partial charge on any atom is 0.258 e. The number of nitrogens with two attached hydrogens (primary N) is 1. The Morgan fingerprint density at radius 2 is 2.00 bits per heavy atom. The fraction of sp³-hybridized carbons (Fsp3) is 0.467. The number of nitrogen functional groups attached to an aromatic ring is 1. The van der Waals surface area contributed by atoms with Crippen LogP contribution in [0.3, 0.4) is 0 Å². The second kappa shape index (κ2) is 4.23. The first-order valence-corrected chi connectivity index (χ1v) is 7.24. The number of H-pyrrole nitrogens is 1. The van der Waals surface area contributed by atoms with E-state index in [0.29, 0.717) is 11.1 Å². The fourth-order valence-electron chi connectivity index (χ4n) is 3.83. The minimum absolute atomic E-state index is 0.133. The molecule has 1 aliphatic carbocycles. The molecule has 2 aromatic rings. The Hall–Kier alpha value is -2.04. The molecule has 1 aliphatic heterocycles. The number of hydrogen-bond donors (Lipinski definition) is 2. The normalized spacial score (nSPS) is 25.3. The van der Waals surface area contributed by atoms with E-state index in [-0.39, 0.29) is 5.56 Å². The molecule has 2 atom stereocenters. The van der Waals surface area contributed by atoms with Crippen molar-refractivity contribution in [3.05, 3.63) is 28.8 Å². The maximum atomic E-state index is 11.8. The SMILES string of the molecule is Nc1cc2c(=O)[nH]cnc2cc1N1CC2CCCC2C1. The van der Waals surface area contributed by atoms with E-state index in [2.05, 4.69) is 14.9 Å². The molecule has 0 bridgehead atoms. The molecule has 1 saturated heterocycles. The van der Waals surface area contributed by atoms with Crippen molar-refractivity contribution in [3.63, 3.8) is 0 Å². The number of hydrogen-bond acceptors (Lipinski definition) is 4. The summed E-state index contributed by atoms with van der Waals surface area (Å²) in [5.74, 6) is 1.63. The van der Waals surface area contributed by atoms with Crippen LogP contribution in [0.1, 0.15) is 19.3 Å². The highest BCUT2D eigenvalue weighted by atomic mass is 16.1. The number of aromatic nitrogens is 2. The zero-order chi connectivity index (χ0) is 13.7. The zero-order valence-electron chi connectivity index (χ0n) is 11.3. The predicted molar refractivity (Wildman–Crippen MR) is 79.8 cm³/mol. The van der Waals surface area contributed by atoms with Crippen LogP contribution in [0.5, 0.6) is 0 Å². The molecule has 0 amide bonds. The Bertz CT molecular complexity index is 711. The quantitative estimate of drug-likeness (QED) is 0.774. The molecule has 20 heavy (non-hydrogen) atoms. The average molecular weight is 270 g/mol. The molecule has 2 aliphatic rings. The van der Waals surface area contributed by atoms with Crippen LogP contribution in [0.15, 0.2) is 23.3 Å². The van der Waals surface area contributed by atoms with Gasteiger partial charge in [-0.15, -0.1) is 0 Å². The molecule has 0 radical (unpaired) electrons. The molecule has 0 spiro atoms. The van der Waals surface area contributed by atoms with Gasteiger partial charge in [0, 0.05) is 13.1 Å². The molecule has 104 valence electrons. The van der Waals surface area contributed by atoms with Gasteiger partial charge in [-0.2, -0.15) is 0 Å². The van der Waals surface area contributed by atoms with Crippen molar-refractivity contribution in [2.75, 3.05) is 23.7 Å². The van der Waals surface area contributed by atoms with Gasteiger partial charge < -0.3 is 15.6 Å². The van der Waals surface area contributed by atoms with E-state index in [1.807, 2.05) is 6.07 Å². The fourth-order valence-corrected chi connectivity index (χ4v) is 3.83. The first-order chi connectivity index (χ1) is 9.72. The molecular weight excluding hydrogens is 252 g/mol. The Kier molecular flexibility index (Phi) is 2.49. The smallest absolute Gasteiger partial charge is 0.258 e. The largest absolute Gasteiger partial charge is 0.397 e. The minimum atomic E-state index is -0.133. The average Bonchev–Trinajstić information content (AvgIpc) is 3.00. The third-order valence-electron chi connectivity index (χ3n) is 4.86. The van der Waals surface area contributed by atoms with Crippen molar-refractivity contribution < 1.29 is 0 Å². The Labute approximate surface area is 116 Å². The van der Waals surface area contributed by atoms with Gasteiger partial charge in [0.15, 0.2) is 0 Å². The number of nitrogens with zero attached hydrogens (tertiary/aromatic N) is 2. The summed E-state index contributed by atoms with van der Waals surface area (Å²) in [7, 11) is 0. The number of rotatable bonds is 1. The number of aromatic amines is 1. The standard InChI is InChI=1S/C15H18N4O/c16-12-4-11-13(17-8-18-15(11)20)5-14(12)19-6-9-2-1-3-10(9)7-19/h4-5,8-10H,1-3,6-7,16H2,(H,17,18,20). The van der Waals surface area contributed by atoms with Crippen LogP contribution in [0.2, 0.25) is 0 Å². The Morgan fingerprint density at radius 3 is 2.75 bits per heavy atom. The van der Waals surface area contributed by atoms with Crippen LogP contribution in [0, 0.1) is 11.8 Å². The second-order valence-electron chi connectivity index (χ2n) is 6.02. The monoisotopic (exact) mass is 270 g/mol. The van der Waals surface area contributed by atoms with Crippen LogP contribution >= 0.6 is 0 Å². The van der Waals surface area contributed by atoms with Gasteiger partial charge in [0.25, 0.3) is 5.56 Å². The van der Waals surface area contributed by atoms with E-state index in [1.54, 1.807) is 6.07 Å². The molecule has 1 aromatic heterocycles. The lowest BCUT2D eigenvalue weighted by molar-refractivity contribution is 0.494. The maximum absolute atomic E-state index is 11.8. The molecule has 2 heterocycles. The summed E-state index contributed by atoms with van der Waals surface area (Å²) < 4.78 is 0. The lowest BCUT2D eigenvalue weighted by Crippen LogP contribution is -2.22. The molecule has 5 heteroatoms. The summed E-state index contributed by atoms with van der Waals surface area (Å²) in [5.41, 5.74) is 8.46. The third-order valence-corrected chi connectivity index (χ3v) is 4.86. The van der Waals surface area contributed by atoms with Crippen LogP contribution in [-0.2, 0) is 0 Å². The summed E-state index contributed by atoms with van der Waals surface area (Å²) in [6, 6.07) is 3.71. The predicted octanol–water partition coefficient (Wildman–Crippen LogP) is 1.74. The number of anilines is 2. The van der Waals surface area contributed by atoms with Gasteiger partial charge in [-0.25, -0.2) is 4.98 Å². The van der Waals surface area contributed by atoms with Crippen molar-refractivity contribution >= 4 is 22.3 Å². The van der Waals surface area contributed by atoms with Gasteiger partial charge >= 0.3 is 0 Å². The lowest BCUT2D eigenvalue weighted by Gasteiger charge is -2.21. The third kappa shape index (κ3) is 1.69. The van der Waals surface area contributed by atoms with Gasteiger partial charge in [0.2, 0.25) is 0 Å². The summed E-state index contributed by atoms with van der Waals surface area (Å²) in [6.07, 6.45) is 5.50. The number of benzene rings is 1. The van der Waals surface area contributed by atoms with E-state index in [0.717, 1.165) is 36.1 Å². The summed E-state index contributed by atoms with van der Waals surface area (Å²) in [4.78, 5) is 21.0. The van der Waals surface area contributed by atoms with Crippen molar-refractivity contribution in [3.8, 4) is 0 Å². The minimum Gasteiger partial charge on any atom is -0.397 e. The van der Waals surface area contributed by atoms with Crippen LogP contribution < -0.4 is 16.2 Å². The van der Waals surface area contributed by atoms with E-state index < -0.39 is 0 Å². The van der Waals surface area contributed by atoms with E-state index in [9.17, 15) is 4.79 Å². The molecular formula is C15H18N4O. The molecule has 4 rings (SSSR count). The summed E-state index contributed by atoms with van der Waals surface area (Å²) in [6.45, 7) is 2.17. The van der Waals surface area contributed by atoms with Gasteiger partial charge in [-0.05, 0) is 36.8 Å². The van der Waals surface area contributed by atoms with Gasteiger partial charge in [0.1, 0.15) is 0 Å². The molecule has 3 N–H and O–H groups in total. The van der Waals surface area contributed by atoms with Gasteiger partial charge in [0.05, 0.1) is 28.6 Å². The van der Waals surface area contributed by atoms with E-state index in [1.165, 1.54) is 25.6 Å². The van der Waals surface area contributed by atoms with Crippen molar-refractivity contribution in [1.29, 1.82) is 0 Å². The Balaban J connectivity index is 1.77. The van der Waals surface area contributed by atoms with Crippen molar-refractivity contribution in [2.24, 2.45) is 11.8 Å². The number of fused-ring (bicyclic) bond motifs is 2. The molecule has 1 saturated carbocycles. The highest BCUT2D eigenvalue weighted by Gasteiger charge is 2.36. The van der Waals surface area contributed by atoms with Crippen LogP contribution in [-0.4, -0.2) is 23.1 Å². The lowest BCUT2D eigenvalue weighted by atomic mass is 10.0. The zero-order valence-corrected chi connectivity index (χ0v) is 11.3. The van der Waals surface area contributed by atoms with Crippen molar-refractivity contribution in [2.45, 2.75) is 19.3 Å². The first kappa shape index (κ1) is 11.8. The molecule has 2 unspecified atom stereocenters. The first-order valence-electron chi connectivity index (χ1n) is 7.24. The van der Waals surface area contributed by atoms with Gasteiger partial charge in [-0.1, -0.05) is 6.42 Å². The molecule has 1 aromatic carbocycles. The highest BCUT2D eigenvalue weighted by Crippen LogP contribution is 2.41. The highest BCUT2D eigenvalue weighted by molar-refractivity contribution is 5.88. The molecule has 5 nitrogen and oxygen atoms in total. The van der Waals surface area contributed by atoms with Gasteiger partial charge in [-0.3, -0.25) is 4.79 Å². The van der Waals surface area contributed by atoms with Crippen molar-refractivity contribution in [1.82, 2.24) is 9.97 Å². The van der Waals surface area contributed by atoms with Crippen LogP contribution in [0.25, 0.3) is 10.9 Å². The van der Waals surface area contributed by atoms with Crippen LogP contribution in [0.4, 0.5) is 11.4 Å². The second-order valence-corrected chi connectivity index (χ2v) is 6.02. The summed E-state index contributed by atoms with van der Waals surface area (Å²) >= 11 is 0. The van der Waals surface area contributed by atoms with E-state index >= 15 is 0 Å². The molecule has 2 fully saturated rings. The summed E-state index contributed by atoms with van der Waals surface area (Å²) in [5, 5.41) is 0.563.